The maximum Gasteiger partial charge on any atom is 0.224 e. The number of H-pyrrole nitrogens is 1. The molecule has 0 atom stereocenters. The molecule has 6 heteroatoms. The first kappa shape index (κ1) is 14.0. The van der Waals surface area contributed by atoms with Gasteiger partial charge in [-0.3, -0.25) is 9.59 Å². The molecule has 0 aliphatic carbocycles. The van der Waals surface area contributed by atoms with Crippen LogP contribution in [0.2, 0.25) is 0 Å². The summed E-state index contributed by atoms with van der Waals surface area (Å²) in [6.07, 6.45) is 3.70. The molecule has 2 heterocycles. The Morgan fingerprint density at radius 1 is 1.45 bits per heavy atom. The van der Waals surface area contributed by atoms with E-state index in [4.69, 9.17) is 5.73 Å². The molecule has 0 spiro atoms. The zero-order valence-electron chi connectivity index (χ0n) is 11.6. The summed E-state index contributed by atoms with van der Waals surface area (Å²) in [6, 6.07) is 3.74. The largest absolute Gasteiger partial charge is 0.369 e. The van der Waals surface area contributed by atoms with E-state index in [0.717, 1.165) is 16.6 Å². The highest BCUT2D eigenvalue weighted by Gasteiger charge is 2.25. The van der Waals surface area contributed by atoms with Gasteiger partial charge >= 0.3 is 0 Å². The SMILES string of the molecule is CC(C)(CNC(=O)Cc1c[nH]c2ncccc12)C(N)=O. The van der Waals surface area contributed by atoms with E-state index in [2.05, 4.69) is 15.3 Å². The van der Waals surface area contributed by atoms with Crippen molar-refractivity contribution in [3.05, 3.63) is 30.1 Å². The Bertz CT molecular complexity index is 645. The molecule has 0 aliphatic heterocycles. The highest BCUT2D eigenvalue weighted by Crippen LogP contribution is 2.16. The Hall–Kier alpha value is -2.37. The van der Waals surface area contributed by atoms with Gasteiger partial charge in [0.15, 0.2) is 0 Å². The molecule has 0 fully saturated rings. The van der Waals surface area contributed by atoms with Crippen molar-refractivity contribution in [2.24, 2.45) is 11.1 Å². The Labute approximate surface area is 116 Å². The zero-order valence-corrected chi connectivity index (χ0v) is 11.6. The fourth-order valence-corrected chi connectivity index (χ4v) is 1.80. The molecule has 2 amide bonds. The molecule has 2 aromatic rings. The highest BCUT2D eigenvalue weighted by molar-refractivity contribution is 5.87. The minimum Gasteiger partial charge on any atom is -0.369 e. The number of fused-ring (bicyclic) bond motifs is 1. The van der Waals surface area contributed by atoms with E-state index in [9.17, 15) is 9.59 Å². The van der Waals surface area contributed by atoms with Gasteiger partial charge in [-0.2, -0.15) is 0 Å². The van der Waals surface area contributed by atoms with Crippen LogP contribution in [0.25, 0.3) is 11.0 Å². The van der Waals surface area contributed by atoms with Crippen molar-refractivity contribution in [3.8, 4) is 0 Å². The van der Waals surface area contributed by atoms with Crippen LogP contribution in [0.5, 0.6) is 0 Å². The van der Waals surface area contributed by atoms with Crippen LogP contribution < -0.4 is 11.1 Å². The number of rotatable bonds is 5. The molecule has 0 aliphatic rings. The van der Waals surface area contributed by atoms with Crippen LogP contribution in [-0.2, 0) is 16.0 Å². The van der Waals surface area contributed by atoms with Crippen LogP contribution in [0.15, 0.2) is 24.5 Å². The Morgan fingerprint density at radius 2 is 2.20 bits per heavy atom. The summed E-state index contributed by atoms with van der Waals surface area (Å²) in [7, 11) is 0. The molecule has 6 nitrogen and oxygen atoms in total. The van der Waals surface area contributed by atoms with Gasteiger partial charge in [-0.25, -0.2) is 4.98 Å². The number of primary amides is 1. The van der Waals surface area contributed by atoms with Gasteiger partial charge in [-0.05, 0) is 31.5 Å². The number of pyridine rings is 1. The fourth-order valence-electron chi connectivity index (χ4n) is 1.80. The summed E-state index contributed by atoms with van der Waals surface area (Å²) in [6.45, 7) is 3.62. The van der Waals surface area contributed by atoms with E-state index in [1.807, 2.05) is 12.1 Å². The van der Waals surface area contributed by atoms with Crippen LogP contribution in [0.1, 0.15) is 19.4 Å². The van der Waals surface area contributed by atoms with E-state index in [-0.39, 0.29) is 18.9 Å². The van der Waals surface area contributed by atoms with Crippen molar-refractivity contribution in [1.29, 1.82) is 0 Å². The average molecular weight is 274 g/mol. The first-order valence-electron chi connectivity index (χ1n) is 6.38. The van der Waals surface area contributed by atoms with Gasteiger partial charge in [0.25, 0.3) is 0 Å². The van der Waals surface area contributed by atoms with Gasteiger partial charge < -0.3 is 16.0 Å². The normalized spacial score (nSPS) is 11.5. The number of nitrogens with one attached hydrogen (secondary N) is 2. The maximum atomic E-state index is 11.9. The van der Waals surface area contributed by atoms with E-state index in [0.29, 0.717) is 0 Å². The van der Waals surface area contributed by atoms with Gasteiger partial charge in [0, 0.05) is 24.3 Å². The number of aromatic amines is 1. The lowest BCUT2D eigenvalue weighted by Gasteiger charge is -2.20. The van der Waals surface area contributed by atoms with Crippen molar-refractivity contribution in [2.45, 2.75) is 20.3 Å². The third kappa shape index (κ3) is 2.96. The van der Waals surface area contributed by atoms with Gasteiger partial charge in [0.1, 0.15) is 5.65 Å². The van der Waals surface area contributed by atoms with E-state index < -0.39 is 11.3 Å². The van der Waals surface area contributed by atoms with Gasteiger partial charge in [0.05, 0.1) is 11.8 Å². The predicted molar refractivity (Wildman–Crippen MR) is 75.8 cm³/mol. The third-order valence-electron chi connectivity index (χ3n) is 3.28. The summed E-state index contributed by atoms with van der Waals surface area (Å²) in [5.74, 6) is -0.585. The number of hydrogen-bond acceptors (Lipinski definition) is 3. The van der Waals surface area contributed by atoms with Gasteiger partial charge in [-0.15, -0.1) is 0 Å². The Kier molecular flexibility index (Phi) is 3.74. The lowest BCUT2D eigenvalue weighted by Crippen LogP contribution is -2.42. The predicted octanol–water partition coefficient (Wildman–Crippen LogP) is 0.733. The Balaban J connectivity index is 2.00. The fraction of sp³-hybridized carbons (Fsp3) is 0.357. The lowest BCUT2D eigenvalue weighted by molar-refractivity contribution is -0.126. The van der Waals surface area contributed by atoms with Crippen LogP contribution in [0.4, 0.5) is 0 Å². The van der Waals surface area contributed by atoms with Crippen LogP contribution in [0.3, 0.4) is 0 Å². The molecule has 0 bridgehead atoms. The summed E-state index contributed by atoms with van der Waals surface area (Å²) >= 11 is 0. The molecule has 0 radical (unpaired) electrons. The van der Waals surface area contributed by atoms with Crippen molar-refractivity contribution in [2.75, 3.05) is 6.54 Å². The molecule has 4 N–H and O–H groups in total. The molecule has 0 aromatic carbocycles. The minimum atomic E-state index is -0.753. The van der Waals surface area contributed by atoms with E-state index in [1.54, 1.807) is 26.2 Å². The topological polar surface area (TPSA) is 101 Å². The molecular formula is C14H18N4O2. The molecule has 2 aromatic heterocycles. The number of hydrogen-bond donors (Lipinski definition) is 3. The van der Waals surface area contributed by atoms with Crippen molar-refractivity contribution in [1.82, 2.24) is 15.3 Å². The summed E-state index contributed by atoms with van der Waals surface area (Å²) < 4.78 is 0. The molecule has 106 valence electrons. The minimum absolute atomic E-state index is 0.149. The van der Waals surface area contributed by atoms with E-state index >= 15 is 0 Å². The molecular weight excluding hydrogens is 256 g/mol. The molecule has 0 saturated heterocycles. The van der Waals surface area contributed by atoms with Crippen LogP contribution in [0, 0.1) is 5.41 Å². The molecule has 20 heavy (non-hydrogen) atoms. The number of aromatic nitrogens is 2. The summed E-state index contributed by atoms with van der Waals surface area (Å²) in [5, 5.41) is 3.66. The average Bonchev–Trinajstić information content (AvgIpc) is 2.80. The first-order valence-corrected chi connectivity index (χ1v) is 6.38. The zero-order chi connectivity index (χ0) is 14.8. The number of carbonyl (C=O) groups excluding carboxylic acids is 2. The first-order chi connectivity index (χ1) is 9.40. The summed E-state index contributed by atoms with van der Waals surface area (Å²) in [5.41, 5.74) is 6.15. The van der Waals surface area contributed by atoms with Crippen LogP contribution >= 0.6 is 0 Å². The second-order valence-corrected chi connectivity index (χ2v) is 5.42. The maximum absolute atomic E-state index is 11.9. The van der Waals surface area contributed by atoms with Crippen molar-refractivity contribution < 1.29 is 9.59 Å². The lowest BCUT2D eigenvalue weighted by atomic mass is 9.92. The smallest absolute Gasteiger partial charge is 0.224 e. The third-order valence-corrected chi connectivity index (χ3v) is 3.28. The van der Waals surface area contributed by atoms with Gasteiger partial charge in [-0.1, -0.05) is 0 Å². The second-order valence-electron chi connectivity index (χ2n) is 5.42. The van der Waals surface area contributed by atoms with Crippen molar-refractivity contribution >= 4 is 22.8 Å². The van der Waals surface area contributed by atoms with Crippen LogP contribution in [-0.4, -0.2) is 28.3 Å². The number of nitrogens with two attached hydrogens (primary N) is 1. The quantitative estimate of drug-likeness (QED) is 0.749. The number of carbonyl (C=O) groups is 2. The van der Waals surface area contributed by atoms with E-state index in [1.165, 1.54) is 0 Å². The second kappa shape index (κ2) is 5.32. The molecule has 0 unspecified atom stereocenters. The number of amides is 2. The Morgan fingerprint density at radius 3 is 2.90 bits per heavy atom. The highest BCUT2D eigenvalue weighted by atomic mass is 16.2. The molecule has 0 saturated carbocycles. The molecule has 2 rings (SSSR count). The number of nitrogens with zero attached hydrogens (tertiary/aromatic N) is 1. The van der Waals surface area contributed by atoms with Crippen molar-refractivity contribution in [3.63, 3.8) is 0 Å². The van der Waals surface area contributed by atoms with Gasteiger partial charge in [0.2, 0.25) is 11.8 Å². The summed E-state index contributed by atoms with van der Waals surface area (Å²) in [4.78, 5) is 30.3. The standard InChI is InChI=1S/C14H18N4O2/c1-14(2,13(15)20)8-18-11(19)6-9-7-17-12-10(9)4-3-5-16-12/h3-5,7H,6,8H2,1-2H3,(H2,15,20)(H,16,17)(H,18,19). The monoisotopic (exact) mass is 274 g/mol.